The Balaban J connectivity index is 1.53. The zero-order valence-electron chi connectivity index (χ0n) is 18.8. The van der Waals surface area contributed by atoms with E-state index in [1.165, 1.54) is 19.3 Å². The number of imide groups is 1. The fourth-order valence-corrected chi connectivity index (χ4v) is 4.86. The fourth-order valence-electron chi connectivity index (χ4n) is 4.86. The molecule has 9 heteroatoms. The van der Waals surface area contributed by atoms with Gasteiger partial charge in [0.05, 0.1) is 24.8 Å². The zero-order valence-corrected chi connectivity index (χ0v) is 18.8. The topological polar surface area (TPSA) is 113 Å². The largest absolute Gasteiger partial charge is 0.479 e. The summed E-state index contributed by atoms with van der Waals surface area (Å²) < 4.78 is 10.7. The molecule has 3 heterocycles. The quantitative estimate of drug-likeness (QED) is 0.386. The number of amides is 2. The molecule has 2 fully saturated rings. The second-order valence-corrected chi connectivity index (χ2v) is 8.47. The summed E-state index contributed by atoms with van der Waals surface area (Å²) in [6.45, 7) is -0.151. The molecule has 2 aromatic carbocycles. The van der Waals surface area contributed by atoms with Gasteiger partial charge in [-0.15, -0.1) is 0 Å². The Kier molecular flexibility index (Phi) is 5.39. The highest BCUT2D eigenvalue weighted by Gasteiger charge is 2.63. The summed E-state index contributed by atoms with van der Waals surface area (Å²) in [6.07, 6.45) is 2.51. The minimum Gasteiger partial charge on any atom is -0.479 e. The number of carboxylic acids is 1. The number of benzene rings is 2. The number of carboxylic acid groups (broad SMARTS) is 1. The predicted molar refractivity (Wildman–Crippen MR) is 122 cm³/mol. The highest BCUT2D eigenvalue weighted by molar-refractivity contribution is 6.21. The van der Waals surface area contributed by atoms with Crippen molar-refractivity contribution in [3.8, 4) is 0 Å². The van der Waals surface area contributed by atoms with Crippen molar-refractivity contribution in [3.05, 3.63) is 94.9 Å². The summed E-state index contributed by atoms with van der Waals surface area (Å²) in [5, 5.41) is 10.5. The van der Waals surface area contributed by atoms with Crippen molar-refractivity contribution >= 4 is 23.8 Å². The van der Waals surface area contributed by atoms with Crippen LogP contribution in [0.4, 0.5) is 0 Å². The first-order valence-electron chi connectivity index (χ1n) is 11.0. The van der Waals surface area contributed by atoms with E-state index in [0.29, 0.717) is 23.2 Å². The van der Waals surface area contributed by atoms with Crippen LogP contribution < -0.4 is 0 Å². The van der Waals surface area contributed by atoms with E-state index >= 15 is 0 Å². The van der Waals surface area contributed by atoms with Crippen molar-refractivity contribution in [2.24, 2.45) is 0 Å². The van der Waals surface area contributed by atoms with E-state index in [4.69, 9.17) is 9.47 Å². The van der Waals surface area contributed by atoms with Crippen molar-refractivity contribution in [2.75, 3.05) is 13.7 Å². The smallest absolute Gasteiger partial charge is 0.338 e. The number of aliphatic carboxylic acids is 1. The number of rotatable bonds is 6. The molecular formula is C26H22N2O7. The van der Waals surface area contributed by atoms with Crippen LogP contribution in [-0.4, -0.2) is 64.1 Å². The minimum atomic E-state index is -1.66. The van der Waals surface area contributed by atoms with Crippen LogP contribution in [0.2, 0.25) is 0 Å². The minimum absolute atomic E-state index is 0.0478. The van der Waals surface area contributed by atoms with E-state index in [0.717, 1.165) is 10.5 Å². The maximum absolute atomic E-state index is 12.9. The van der Waals surface area contributed by atoms with Gasteiger partial charge in [-0.05, 0) is 23.8 Å². The molecule has 0 unspecified atom stereocenters. The first-order chi connectivity index (χ1) is 16.9. The average molecular weight is 474 g/mol. The highest BCUT2D eigenvalue weighted by Crippen LogP contribution is 2.50. The summed E-state index contributed by atoms with van der Waals surface area (Å²) >= 11 is 0. The van der Waals surface area contributed by atoms with Crippen LogP contribution in [0.5, 0.6) is 0 Å². The molecule has 2 amide bonds. The van der Waals surface area contributed by atoms with Gasteiger partial charge in [0.1, 0.15) is 5.76 Å². The lowest BCUT2D eigenvalue weighted by Gasteiger charge is -2.44. The van der Waals surface area contributed by atoms with Gasteiger partial charge in [0, 0.05) is 24.6 Å². The van der Waals surface area contributed by atoms with Crippen LogP contribution in [0.3, 0.4) is 0 Å². The van der Waals surface area contributed by atoms with Gasteiger partial charge in [-0.3, -0.25) is 14.5 Å². The Labute approximate surface area is 200 Å². The molecular weight excluding hydrogens is 452 g/mol. The summed E-state index contributed by atoms with van der Waals surface area (Å²) in [4.78, 5) is 53.0. The highest BCUT2D eigenvalue weighted by atomic mass is 16.5. The van der Waals surface area contributed by atoms with Gasteiger partial charge in [-0.1, -0.05) is 42.5 Å². The maximum Gasteiger partial charge on any atom is 0.338 e. The molecule has 0 saturated carbocycles. The Morgan fingerprint density at radius 2 is 1.71 bits per heavy atom. The SMILES string of the molecule is COC(=O)C=C1C[C@H]2OC(=CCN3C(=O)c4ccccc4C3=O)[C@](Cc3ccccc3)(C(=O)O)N12. The van der Waals surface area contributed by atoms with Gasteiger partial charge in [0.15, 0.2) is 6.23 Å². The van der Waals surface area contributed by atoms with Crippen molar-refractivity contribution in [1.29, 1.82) is 0 Å². The Morgan fingerprint density at radius 3 is 2.31 bits per heavy atom. The van der Waals surface area contributed by atoms with Gasteiger partial charge in [0.25, 0.3) is 11.8 Å². The molecule has 2 aromatic rings. The van der Waals surface area contributed by atoms with Crippen LogP contribution in [-0.2, 0) is 25.5 Å². The van der Waals surface area contributed by atoms with E-state index in [2.05, 4.69) is 0 Å². The number of ether oxygens (including phenoxy) is 2. The van der Waals surface area contributed by atoms with Crippen molar-refractivity contribution in [3.63, 3.8) is 0 Å². The molecule has 3 aliphatic rings. The number of esters is 1. The second kappa shape index (κ2) is 8.43. The van der Waals surface area contributed by atoms with E-state index in [-0.39, 0.29) is 18.7 Å². The van der Waals surface area contributed by atoms with Crippen molar-refractivity contribution in [2.45, 2.75) is 24.6 Å². The Hall–Kier alpha value is -4.40. The Bertz CT molecular complexity index is 1260. The van der Waals surface area contributed by atoms with E-state index < -0.39 is 35.5 Å². The summed E-state index contributed by atoms with van der Waals surface area (Å²) in [7, 11) is 1.25. The molecule has 9 nitrogen and oxygen atoms in total. The molecule has 0 aliphatic carbocycles. The van der Waals surface area contributed by atoms with Gasteiger partial charge in [-0.2, -0.15) is 0 Å². The number of methoxy groups -OCH3 is 1. The van der Waals surface area contributed by atoms with Gasteiger partial charge >= 0.3 is 11.9 Å². The predicted octanol–water partition coefficient (Wildman–Crippen LogP) is 2.35. The maximum atomic E-state index is 12.9. The molecule has 0 spiro atoms. The van der Waals surface area contributed by atoms with E-state index in [9.17, 15) is 24.3 Å². The lowest BCUT2D eigenvalue weighted by atomic mass is 9.84. The lowest BCUT2D eigenvalue weighted by molar-refractivity contribution is -0.150. The van der Waals surface area contributed by atoms with Crippen LogP contribution in [0.15, 0.2) is 78.2 Å². The third-order valence-corrected chi connectivity index (χ3v) is 6.54. The van der Waals surface area contributed by atoms with Gasteiger partial charge < -0.3 is 19.5 Å². The molecule has 178 valence electrons. The summed E-state index contributed by atoms with van der Waals surface area (Å²) in [5.74, 6) is -2.55. The number of fused-ring (bicyclic) bond motifs is 2. The zero-order chi connectivity index (χ0) is 24.7. The standard InChI is InChI=1S/C26H22N2O7/c1-34-22(29)14-17-13-21-28(17)26(25(32)33,15-16-7-3-2-4-8-16)20(35-21)11-12-27-23(30)18-9-5-6-10-19(18)24(27)31/h2-11,14,21H,12-13,15H2,1H3,(H,32,33)/t21-,26-/m1/s1. The molecule has 0 bridgehead atoms. The number of hydrogen-bond acceptors (Lipinski definition) is 7. The number of carbonyl (C=O) groups excluding carboxylic acids is 3. The van der Waals surface area contributed by atoms with Gasteiger partial charge in [-0.25, -0.2) is 9.59 Å². The Morgan fingerprint density at radius 1 is 1.09 bits per heavy atom. The monoisotopic (exact) mass is 474 g/mol. The fraction of sp³-hybridized carbons (Fsp3) is 0.231. The third kappa shape index (κ3) is 3.47. The molecule has 1 N–H and O–H groups in total. The molecule has 5 rings (SSSR count). The van der Waals surface area contributed by atoms with E-state index in [1.807, 2.05) is 30.3 Å². The molecule has 3 aliphatic heterocycles. The summed E-state index contributed by atoms with van der Waals surface area (Å²) in [5.41, 5.74) is 0.177. The molecule has 0 aromatic heterocycles. The van der Waals surface area contributed by atoms with Crippen LogP contribution in [0, 0.1) is 0 Å². The van der Waals surface area contributed by atoms with Crippen LogP contribution in [0.25, 0.3) is 0 Å². The lowest BCUT2D eigenvalue weighted by Crippen LogP contribution is -2.59. The molecule has 35 heavy (non-hydrogen) atoms. The third-order valence-electron chi connectivity index (χ3n) is 6.54. The van der Waals surface area contributed by atoms with Gasteiger partial charge in [0.2, 0.25) is 5.54 Å². The normalized spacial score (nSPS) is 24.8. The van der Waals surface area contributed by atoms with Crippen molar-refractivity contribution < 1.29 is 33.8 Å². The van der Waals surface area contributed by atoms with E-state index in [1.54, 1.807) is 29.2 Å². The molecule has 0 radical (unpaired) electrons. The van der Waals surface area contributed by atoms with Crippen LogP contribution >= 0.6 is 0 Å². The van der Waals surface area contributed by atoms with Crippen LogP contribution in [0.1, 0.15) is 32.7 Å². The first kappa shape index (κ1) is 22.4. The number of hydrogen-bond donors (Lipinski definition) is 1. The second-order valence-electron chi connectivity index (χ2n) is 8.47. The number of nitrogens with zero attached hydrogens (tertiary/aromatic N) is 2. The number of carbonyl (C=O) groups is 4. The molecule has 2 atom stereocenters. The average Bonchev–Trinajstić information content (AvgIpc) is 3.24. The summed E-state index contributed by atoms with van der Waals surface area (Å²) in [6, 6.07) is 15.6. The first-order valence-corrected chi connectivity index (χ1v) is 11.0. The molecule has 2 saturated heterocycles. The van der Waals surface area contributed by atoms with Crippen molar-refractivity contribution in [1.82, 2.24) is 9.80 Å².